The topological polar surface area (TPSA) is 88.7 Å². The van der Waals surface area contributed by atoms with Gasteiger partial charge in [-0.15, -0.1) is 0 Å². The highest BCUT2D eigenvalue weighted by molar-refractivity contribution is 5.94. The molecule has 0 radical (unpaired) electrons. The van der Waals surface area contributed by atoms with E-state index in [2.05, 4.69) is 15.6 Å². The summed E-state index contributed by atoms with van der Waals surface area (Å²) in [5.41, 5.74) is 7.80. The highest BCUT2D eigenvalue weighted by Crippen LogP contribution is 2.23. The normalized spacial score (nSPS) is 11.0. The van der Waals surface area contributed by atoms with Crippen LogP contribution in [0, 0.1) is 0 Å². The molecule has 0 fully saturated rings. The number of nitrogens with zero attached hydrogens (tertiary/aromatic N) is 1. The van der Waals surface area contributed by atoms with E-state index in [0.717, 1.165) is 17.9 Å². The molecule has 0 atom stereocenters. The minimum Gasteiger partial charge on any atom is -0.457 e. The highest BCUT2D eigenvalue weighted by Gasteiger charge is 2.03. The summed E-state index contributed by atoms with van der Waals surface area (Å²) in [6, 6.07) is 26.9. The number of carbonyl (C=O) groups excluding carboxylic acids is 1. The first-order chi connectivity index (χ1) is 14.2. The minimum atomic E-state index is -0.174. The fourth-order valence-electron chi connectivity index (χ4n) is 2.65. The van der Waals surface area contributed by atoms with Crippen molar-refractivity contribution in [3.63, 3.8) is 0 Å². The molecule has 29 heavy (non-hydrogen) atoms. The van der Waals surface area contributed by atoms with Crippen LogP contribution in [0.15, 0.2) is 89.9 Å². The lowest BCUT2D eigenvalue weighted by Crippen LogP contribution is -2.30. The first-order valence-electron chi connectivity index (χ1n) is 9.39. The molecule has 0 aliphatic carbocycles. The smallest absolute Gasteiger partial charge is 0.241 e. The monoisotopic (exact) mass is 388 g/mol. The van der Waals surface area contributed by atoms with Crippen molar-refractivity contribution in [2.24, 2.45) is 10.7 Å². The number of amides is 1. The van der Waals surface area contributed by atoms with Gasteiger partial charge in [0.05, 0.1) is 0 Å². The predicted molar refractivity (Wildman–Crippen MR) is 116 cm³/mol. The van der Waals surface area contributed by atoms with Crippen molar-refractivity contribution >= 4 is 17.6 Å². The molecular formula is C23H24N4O2. The lowest BCUT2D eigenvalue weighted by molar-refractivity contribution is -0.119. The molecule has 0 aromatic heterocycles. The molecule has 3 aromatic carbocycles. The number of nitrogens with one attached hydrogen (secondary N) is 2. The zero-order valence-corrected chi connectivity index (χ0v) is 16.0. The molecule has 0 spiro atoms. The Hall–Kier alpha value is -3.80. The number of para-hydroxylation sites is 1. The maximum Gasteiger partial charge on any atom is 0.241 e. The van der Waals surface area contributed by atoms with E-state index in [-0.39, 0.29) is 18.4 Å². The van der Waals surface area contributed by atoms with E-state index in [4.69, 9.17) is 10.5 Å². The number of anilines is 1. The van der Waals surface area contributed by atoms with Crippen LogP contribution in [0.3, 0.4) is 0 Å². The quantitative estimate of drug-likeness (QED) is 0.407. The number of benzene rings is 3. The third-order valence-corrected chi connectivity index (χ3v) is 4.06. The third kappa shape index (κ3) is 7.03. The zero-order valence-electron chi connectivity index (χ0n) is 16.0. The minimum absolute atomic E-state index is 0.0339. The largest absolute Gasteiger partial charge is 0.457 e. The molecule has 3 aromatic rings. The number of rotatable bonds is 8. The van der Waals surface area contributed by atoms with E-state index < -0.39 is 0 Å². The molecule has 4 N–H and O–H groups in total. The number of carbonyl (C=O) groups is 1. The Morgan fingerprint density at radius 1 is 0.897 bits per heavy atom. The molecule has 0 aliphatic rings. The Morgan fingerprint density at radius 3 is 2.34 bits per heavy atom. The summed E-state index contributed by atoms with van der Waals surface area (Å²) >= 11 is 0. The van der Waals surface area contributed by atoms with Gasteiger partial charge in [0.25, 0.3) is 0 Å². The van der Waals surface area contributed by atoms with Gasteiger partial charge < -0.3 is 21.1 Å². The Kier molecular flexibility index (Phi) is 7.23. The van der Waals surface area contributed by atoms with E-state index in [9.17, 15) is 4.79 Å². The number of ether oxygens (including phenoxy) is 1. The molecule has 0 bridgehead atoms. The molecule has 1 amide bonds. The van der Waals surface area contributed by atoms with Crippen LogP contribution in [-0.4, -0.2) is 25.0 Å². The van der Waals surface area contributed by atoms with Gasteiger partial charge >= 0.3 is 0 Å². The standard InChI is InChI=1S/C23H24N4O2/c24-23(26-17-22(28)25-15-14-18-8-3-1-4-9-18)27-19-10-7-13-21(16-19)29-20-11-5-2-6-12-20/h1-13,16H,14-15,17H2,(H,25,28)(H3,24,26,27). The number of hydrogen-bond donors (Lipinski definition) is 3. The van der Waals surface area contributed by atoms with Gasteiger partial charge in [0, 0.05) is 18.3 Å². The number of aliphatic imine (C=N–C) groups is 1. The highest BCUT2D eigenvalue weighted by atomic mass is 16.5. The maximum absolute atomic E-state index is 11.9. The van der Waals surface area contributed by atoms with Crippen LogP contribution in [0.2, 0.25) is 0 Å². The van der Waals surface area contributed by atoms with Gasteiger partial charge in [-0.1, -0.05) is 54.6 Å². The van der Waals surface area contributed by atoms with Gasteiger partial charge in [-0.05, 0) is 36.2 Å². The summed E-state index contributed by atoms with van der Waals surface area (Å²) in [4.78, 5) is 16.0. The second-order valence-corrected chi connectivity index (χ2v) is 6.35. The SMILES string of the molecule is NC(=NCC(=O)NCCc1ccccc1)Nc1cccc(Oc2ccccc2)c1. The molecule has 148 valence electrons. The molecule has 0 unspecified atom stereocenters. The average Bonchev–Trinajstić information content (AvgIpc) is 2.74. The molecular weight excluding hydrogens is 364 g/mol. The number of nitrogens with two attached hydrogens (primary N) is 1. The first-order valence-corrected chi connectivity index (χ1v) is 9.39. The van der Waals surface area contributed by atoms with Crippen molar-refractivity contribution in [3.8, 4) is 11.5 Å². The molecule has 6 heteroatoms. The second-order valence-electron chi connectivity index (χ2n) is 6.35. The summed E-state index contributed by atoms with van der Waals surface area (Å²) in [5.74, 6) is 1.41. The van der Waals surface area contributed by atoms with Crippen molar-refractivity contribution in [1.29, 1.82) is 0 Å². The van der Waals surface area contributed by atoms with Gasteiger partial charge in [0.2, 0.25) is 5.91 Å². The van der Waals surface area contributed by atoms with Crippen LogP contribution in [0.1, 0.15) is 5.56 Å². The summed E-state index contributed by atoms with van der Waals surface area (Å²) < 4.78 is 5.79. The van der Waals surface area contributed by atoms with Crippen LogP contribution < -0.4 is 21.1 Å². The molecule has 0 aliphatic heterocycles. The fourth-order valence-corrected chi connectivity index (χ4v) is 2.65. The fraction of sp³-hybridized carbons (Fsp3) is 0.130. The zero-order chi connectivity index (χ0) is 20.3. The lowest BCUT2D eigenvalue weighted by atomic mass is 10.1. The van der Waals surface area contributed by atoms with E-state index in [1.54, 1.807) is 0 Å². The van der Waals surface area contributed by atoms with Crippen molar-refractivity contribution < 1.29 is 9.53 Å². The van der Waals surface area contributed by atoms with E-state index >= 15 is 0 Å². The third-order valence-electron chi connectivity index (χ3n) is 4.06. The molecule has 0 saturated carbocycles. The summed E-state index contributed by atoms with van der Waals surface area (Å²) in [6.45, 7) is 0.526. The maximum atomic E-state index is 11.9. The Balaban J connectivity index is 1.45. The summed E-state index contributed by atoms with van der Waals surface area (Å²) in [7, 11) is 0. The Bertz CT molecular complexity index is 943. The van der Waals surface area contributed by atoms with Gasteiger partial charge in [-0.2, -0.15) is 0 Å². The Morgan fingerprint density at radius 2 is 1.59 bits per heavy atom. The molecule has 0 saturated heterocycles. The summed E-state index contributed by atoms with van der Waals surface area (Å²) in [6.07, 6.45) is 0.776. The second kappa shape index (κ2) is 10.5. The van der Waals surface area contributed by atoms with E-state index in [0.29, 0.717) is 12.3 Å². The molecule has 3 rings (SSSR count). The molecule has 0 heterocycles. The van der Waals surface area contributed by atoms with Crippen molar-refractivity contribution in [1.82, 2.24) is 5.32 Å². The van der Waals surface area contributed by atoms with Crippen LogP contribution >= 0.6 is 0 Å². The van der Waals surface area contributed by atoms with E-state index in [1.807, 2.05) is 84.9 Å². The van der Waals surface area contributed by atoms with Crippen LogP contribution in [-0.2, 0) is 11.2 Å². The number of guanidine groups is 1. The van der Waals surface area contributed by atoms with Crippen LogP contribution in [0.4, 0.5) is 5.69 Å². The summed E-state index contributed by atoms with van der Waals surface area (Å²) in [5, 5.41) is 5.81. The molecule has 6 nitrogen and oxygen atoms in total. The van der Waals surface area contributed by atoms with Crippen LogP contribution in [0.5, 0.6) is 11.5 Å². The predicted octanol–water partition coefficient (Wildman–Crippen LogP) is 3.56. The van der Waals surface area contributed by atoms with Crippen molar-refractivity contribution in [2.75, 3.05) is 18.4 Å². The van der Waals surface area contributed by atoms with Crippen molar-refractivity contribution in [3.05, 3.63) is 90.5 Å². The number of hydrogen-bond acceptors (Lipinski definition) is 3. The average molecular weight is 388 g/mol. The lowest BCUT2D eigenvalue weighted by Gasteiger charge is -2.09. The van der Waals surface area contributed by atoms with E-state index in [1.165, 1.54) is 5.56 Å². The van der Waals surface area contributed by atoms with Crippen molar-refractivity contribution in [2.45, 2.75) is 6.42 Å². The van der Waals surface area contributed by atoms with Gasteiger partial charge in [0.15, 0.2) is 5.96 Å². The van der Waals surface area contributed by atoms with Gasteiger partial charge in [-0.3, -0.25) is 4.79 Å². The van der Waals surface area contributed by atoms with Gasteiger partial charge in [-0.25, -0.2) is 4.99 Å². The van der Waals surface area contributed by atoms with Gasteiger partial charge in [0.1, 0.15) is 18.0 Å². The van der Waals surface area contributed by atoms with Crippen LogP contribution in [0.25, 0.3) is 0 Å². The first kappa shape index (κ1) is 19.9. The Labute approximate surface area is 170 Å².